The van der Waals surface area contributed by atoms with Gasteiger partial charge in [-0.1, -0.05) is 11.6 Å². The lowest BCUT2D eigenvalue weighted by Gasteiger charge is -2.09. The van der Waals surface area contributed by atoms with Gasteiger partial charge in [0.1, 0.15) is 5.75 Å². The molecule has 116 valence electrons. The average Bonchev–Trinajstić information content (AvgIpc) is 2.47. The third-order valence-electron chi connectivity index (χ3n) is 2.99. The first-order chi connectivity index (χ1) is 10.5. The number of rotatable bonds is 5. The van der Waals surface area contributed by atoms with Crippen LogP contribution in [0.25, 0.3) is 0 Å². The number of carbonyl (C=O) groups is 1. The second-order valence-corrected chi connectivity index (χ2v) is 5.71. The summed E-state index contributed by atoms with van der Waals surface area (Å²) in [4.78, 5) is 15.6. The number of amides is 1. The lowest BCUT2D eigenvalue weighted by molar-refractivity contribution is -0.115. The van der Waals surface area contributed by atoms with E-state index < -0.39 is 0 Å². The number of nitrogens with one attached hydrogen (secondary N) is 1. The molecule has 0 unspecified atom stereocenters. The van der Waals surface area contributed by atoms with Crippen molar-refractivity contribution in [2.75, 3.05) is 11.1 Å². The number of aromatic nitrogens is 1. The van der Waals surface area contributed by atoms with E-state index in [1.807, 2.05) is 26.0 Å². The minimum atomic E-state index is -0.0885. The summed E-state index contributed by atoms with van der Waals surface area (Å²) in [6.07, 6.45) is 1.92. The van der Waals surface area contributed by atoms with E-state index in [4.69, 9.17) is 16.3 Å². The number of anilines is 1. The standard InChI is InChI=1S/C16H17ClN2O2S/c1-10-7-13(8-11(2)16(10)17)21-15-4-3-12(9-18-15)19-14(20)5-6-22/h3-4,7-9,22H,5-6H2,1-2H3,(H,19,20). The van der Waals surface area contributed by atoms with Crippen molar-refractivity contribution in [2.24, 2.45) is 0 Å². The highest BCUT2D eigenvalue weighted by Crippen LogP contribution is 2.28. The molecule has 0 spiro atoms. The molecule has 4 nitrogen and oxygen atoms in total. The maximum Gasteiger partial charge on any atom is 0.225 e. The second kappa shape index (κ2) is 7.51. The molecule has 1 N–H and O–H groups in total. The smallest absolute Gasteiger partial charge is 0.225 e. The first-order valence-electron chi connectivity index (χ1n) is 6.81. The number of aryl methyl sites for hydroxylation is 2. The van der Waals surface area contributed by atoms with Gasteiger partial charge in [-0.15, -0.1) is 0 Å². The van der Waals surface area contributed by atoms with Crippen molar-refractivity contribution in [3.05, 3.63) is 46.6 Å². The molecule has 0 fully saturated rings. The molecule has 0 radical (unpaired) electrons. The summed E-state index contributed by atoms with van der Waals surface area (Å²) in [6, 6.07) is 7.17. The van der Waals surface area contributed by atoms with Gasteiger partial charge < -0.3 is 10.1 Å². The van der Waals surface area contributed by atoms with Gasteiger partial charge in [0.15, 0.2) is 0 Å². The Morgan fingerprint density at radius 3 is 2.55 bits per heavy atom. The van der Waals surface area contributed by atoms with E-state index in [0.717, 1.165) is 16.1 Å². The van der Waals surface area contributed by atoms with Gasteiger partial charge in [0, 0.05) is 17.5 Å². The molecular weight excluding hydrogens is 320 g/mol. The van der Waals surface area contributed by atoms with Crippen molar-refractivity contribution in [2.45, 2.75) is 20.3 Å². The quantitative estimate of drug-likeness (QED) is 0.795. The van der Waals surface area contributed by atoms with E-state index in [0.29, 0.717) is 29.5 Å². The van der Waals surface area contributed by atoms with Gasteiger partial charge in [0.25, 0.3) is 0 Å². The summed E-state index contributed by atoms with van der Waals surface area (Å²) in [6.45, 7) is 3.85. The fraction of sp³-hybridized carbons (Fsp3) is 0.250. The van der Waals surface area contributed by atoms with Crippen LogP contribution in [-0.4, -0.2) is 16.6 Å². The van der Waals surface area contributed by atoms with Crippen molar-refractivity contribution in [3.63, 3.8) is 0 Å². The molecule has 0 aliphatic rings. The number of nitrogens with zero attached hydrogens (tertiary/aromatic N) is 1. The minimum absolute atomic E-state index is 0.0885. The fourth-order valence-electron chi connectivity index (χ4n) is 1.93. The molecule has 0 aliphatic heterocycles. The van der Waals surface area contributed by atoms with Crippen LogP contribution in [-0.2, 0) is 4.79 Å². The monoisotopic (exact) mass is 336 g/mol. The Bertz CT molecular complexity index is 651. The van der Waals surface area contributed by atoms with Crippen LogP contribution in [0.2, 0.25) is 5.02 Å². The van der Waals surface area contributed by atoms with Gasteiger partial charge in [0.05, 0.1) is 11.9 Å². The number of hydrogen-bond donors (Lipinski definition) is 2. The molecule has 2 aromatic rings. The van der Waals surface area contributed by atoms with E-state index in [1.165, 1.54) is 0 Å². The topological polar surface area (TPSA) is 51.2 Å². The number of halogens is 1. The Balaban J connectivity index is 2.07. The molecule has 0 bridgehead atoms. The summed E-state index contributed by atoms with van der Waals surface area (Å²) in [5, 5.41) is 3.47. The van der Waals surface area contributed by atoms with Gasteiger partial charge in [-0.25, -0.2) is 4.98 Å². The molecule has 1 aromatic heterocycles. The number of ether oxygens (including phenoxy) is 1. The van der Waals surface area contributed by atoms with Gasteiger partial charge in [-0.3, -0.25) is 4.79 Å². The zero-order chi connectivity index (χ0) is 16.1. The zero-order valence-corrected chi connectivity index (χ0v) is 14.0. The molecule has 1 amide bonds. The lowest BCUT2D eigenvalue weighted by Crippen LogP contribution is -2.11. The van der Waals surface area contributed by atoms with Gasteiger partial charge in [-0.05, 0) is 48.9 Å². The highest BCUT2D eigenvalue weighted by molar-refractivity contribution is 7.80. The maximum atomic E-state index is 11.5. The normalized spacial score (nSPS) is 10.4. The predicted octanol–water partition coefficient (Wildman–Crippen LogP) is 4.40. The highest BCUT2D eigenvalue weighted by atomic mass is 35.5. The van der Waals surface area contributed by atoms with Crippen molar-refractivity contribution in [1.82, 2.24) is 4.98 Å². The molecule has 0 aliphatic carbocycles. The van der Waals surface area contributed by atoms with E-state index in [-0.39, 0.29) is 5.91 Å². The van der Waals surface area contributed by atoms with E-state index >= 15 is 0 Å². The molecule has 2 rings (SSSR count). The highest BCUT2D eigenvalue weighted by Gasteiger charge is 2.06. The Labute approximate surface area is 140 Å². The number of hydrogen-bond acceptors (Lipinski definition) is 4. The summed E-state index contributed by atoms with van der Waals surface area (Å²) >= 11 is 10.1. The first kappa shape index (κ1) is 16.6. The van der Waals surface area contributed by atoms with E-state index in [1.54, 1.807) is 18.3 Å². The van der Waals surface area contributed by atoms with Crippen molar-refractivity contribution in [1.29, 1.82) is 0 Å². The number of benzene rings is 1. The number of pyridine rings is 1. The fourth-order valence-corrected chi connectivity index (χ4v) is 2.24. The zero-order valence-electron chi connectivity index (χ0n) is 12.4. The van der Waals surface area contributed by atoms with Crippen LogP contribution in [0.4, 0.5) is 5.69 Å². The molecular formula is C16H17ClN2O2S. The van der Waals surface area contributed by atoms with Crippen LogP contribution in [0.3, 0.4) is 0 Å². The van der Waals surface area contributed by atoms with Crippen molar-refractivity contribution in [3.8, 4) is 11.6 Å². The molecule has 22 heavy (non-hydrogen) atoms. The lowest BCUT2D eigenvalue weighted by atomic mass is 10.1. The van der Waals surface area contributed by atoms with Gasteiger partial charge >= 0.3 is 0 Å². The molecule has 6 heteroatoms. The van der Waals surface area contributed by atoms with Crippen LogP contribution in [0.15, 0.2) is 30.5 Å². The average molecular weight is 337 g/mol. The minimum Gasteiger partial charge on any atom is -0.439 e. The van der Waals surface area contributed by atoms with Crippen molar-refractivity contribution < 1.29 is 9.53 Å². The Hall–Kier alpha value is -1.72. The number of carbonyl (C=O) groups excluding carboxylic acids is 1. The Kier molecular flexibility index (Phi) is 5.69. The molecule has 1 aromatic carbocycles. The summed E-state index contributed by atoms with van der Waals surface area (Å²) in [5.74, 6) is 1.55. The van der Waals surface area contributed by atoms with Gasteiger partial charge in [-0.2, -0.15) is 12.6 Å². The SMILES string of the molecule is Cc1cc(Oc2ccc(NC(=O)CCS)cn2)cc(C)c1Cl. The first-order valence-corrected chi connectivity index (χ1v) is 7.82. The van der Waals surface area contributed by atoms with Crippen LogP contribution in [0, 0.1) is 13.8 Å². The summed E-state index contributed by atoms with van der Waals surface area (Å²) < 4.78 is 5.71. The largest absolute Gasteiger partial charge is 0.439 e. The number of thiol groups is 1. The third-order valence-corrected chi connectivity index (χ3v) is 3.81. The van der Waals surface area contributed by atoms with Gasteiger partial charge in [0.2, 0.25) is 11.8 Å². The Morgan fingerprint density at radius 1 is 1.32 bits per heavy atom. The van der Waals surface area contributed by atoms with Crippen molar-refractivity contribution >= 4 is 35.8 Å². The molecule has 0 saturated heterocycles. The van der Waals surface area contributed by atoms with Crippen LogP contribution < -0.4 is 10.1 Å². The molecule has 1 heterocycles. The predicted molar refractivity (Wildman–Crippen MR) is 92.3 cm³/mol. The summed E-state index contributed by atoms with van der Waals surface area (Å²) in [5.41, 5.74) is 2.53. The molecule has 0 atom stereocenters. The molecule has 0 saturated carbocycles. The van der Waals surface area contributed by atoms with E-state index in [2.05, 4.69) is 22.9 Å². The van der Waals surface area contributed by atoms with Crippen LogP contribution >= 0.6 is 24.2 Å². The summed E-state index contributed by atoms with van der Waals surface area (Å²) in [7, 11) is 0. The Morgan fingerprint density at radius 2 is 2.00 bits per heavy atom. The van der Waals surface area contributed by atoms with Crippen LogP contribution in [0.5, 0.6) is 11.6 Å². The van der Waals surface area contributed by atoms with E-state index in [9.17, 15) is 4.79 Å². The third kappa shape index (κ3) is 4.39. The maximum absolute atomic E-state index is 11.5. The second-order valence-electron chi connectivity index (χ2n) is 4.88. The van der Waals surface area contributed by atoms with Crippen LogP contribution in [0.1, 0.15) is 17.5 Å².